The largest absolute Gasteiger partial charge is 0.508 e. The first-order chi connectivity index (χ1) is 15.2. The molecule has 1 fully saturated rings. The number of amides is 1. The van der Waals surface area contributed by atoms with E-state index in [-0.39, 0.29) is 23.4 Å². The summed E-state index contributed by atoms with van der Waals surface area (Å²) in [6.07, 6.45) is -2.47. The summed E-state index contributed by atoms with van der Waals surface area (Å²) in [4.78, 5) is 14.2. The number of nitrogens with zero attached hydrogens (tertiary/aromatic N) is 4. The molecule has 0 atom stereocenters. The van der Waals surface area contributed by atoms with Crippen molar-refractivity contribution in [3.05, 3.63) is 70.8 Å². The highest BCUT2D eigenvalue weighted by Crippen LogP contribution is 2.42. The molecule has 0 radical (unpaired) electrons. The number of hydrogen-bond acceptors (Lipinski definition) is 5. The monoisotopic (exact) mass is 444 g/mol. The predicted octanol–water partition coefficient (Wildman–Crippen LogP) is 3.21. The lowest BCUT2D eigenvalue weighted by Gasteiger charge is -2.42. The second kappa shape index (κ2) is 7.06. The van der Waals surface area contributed by atoms with Crippen LogP contribution in [0, 0.1) is 0 Å². The molecule has 0 aliphatic carbocycles. The van der Waals surface area contributed by atoms with Crippen molar-refractivity contribution in [3.63, 3.8) is 0 Å². The van der Waals surface area contributed by atoms with Gasteiger partial charge in [0.15, 0.2) is 0 Å². The standard InChI is InChI=1S/C22H19F3N4O3/c1-28-12-26-27-19(28)8-21(10-32-11-21)13-5-14(7-15(30)6-13)29-9-17-16(20(29)31)3-2-4-18(17)22(23,24)25/h2-7,12,30H,8-11H2,1H3. The van der Waals surface area contributed by atoms with Crippen molar-refractivity contribution in [3.8, 4) is 5.75 Å². The first-order valence-corrected chi connectivity index (χ1v) is 9.94. The van der Waals surface area contributed by atoms with Gasteiger partial charge in [-0.1, -0.05) is 6.07 Å². The molecule has 2 aliphatic rings. The quantitative estimate of drug-likeness (QED) is 0.669. The first-order valence-electron chi connectivity index (χ1n) is 9.94. The molecule has 0 saturated carbocycles. The maximum atomic E-state index is 13.5. The molecule has 2 aromatic carbocycles. The summed E-state index contributed by atoms with van der Waals surface area (Å²) in [5, 5.41) is 18.4. The van der Waals surface area contributed by atoms with Gasteiger partial charge in [-0.15, -0.1) is 10.2 Å². The fraction of sp³-hybridized carbons (Fsp3) is 0.318. The number of rotatable bonds is 4. The van der Waals surface area contributed by atoms with Gasteiger partial charge in [-0.2, -0.15) is 13.2 Å². The van der Waals surface area contributed by atoms with Gasteiger partial charge in [0.1, 0.15) is 17.9 Å². The Morgan fingerprint density at radius 1 is 1.22 bits per heavy atom. The Bertz CT molecular complexity index is 1220. The molecule has 3 aromatic rings. The van der Waals surface area contributed by atoms with E-state index < -0.39 is 23.1 Å². The topological polar surface area (TPSA) is 80.5 Å². The van der Waals surface area contributed by atoms with Crippen molar-refractivity contribution in [1.82, 2.24) is 14.8 Å². The van der Waals surface area contributed by atoms with Gasteiger partial charge in [-0.25, -0.2) is 0 Å². The second-order valence-corrected chi connectivity index (χ2v) is 8.27. The molecular formula is C22H19F3N4O3. The molecule has 1 aromatic heterocycles. The number of carbonyl (C=O) groups excluding carboxylic acids is 1. The van der Waals surface area contributed by atoms with Crippen LogP contribution in [0.2, 0.25) is 0 Å². The molecule has 32 heavy (non-hydrogen) atoms. The highest BCUT2D eigenvalue weighted by atomic mass is 19.4. The summed E-state index contributed by atoms with van der Waals surface area (Å²) in [6.45, 7) is 0.545. The smallest absolute Gasteiger partial charge is 0.416 e. The number of phenolic OH excluding ortho intramolecular Hbond substituents is 1. The van der Waals surface area contributed by atoms with E-state index in [1.807, 2.05) is 7.05 Å². The average molecular weight is 444 g/mol. The zero-order chi connectivity index (χ0) is 22.7. The maximum absolute atomic E-state index is 13.5. The van der Waals surface area contributed by atoms with Crippen molar-refractivity contribution in [2.75, 3.05) is 18.1 Å². The number of anilines is 1. The summed E-state index contributed by atoms with van der Waals surface area (Å²) in [5.74, 6) is 0.120. The van der Waals surface area contributed by atoms with E-state index in [0.717, 1.165) is 17.5 Å². The zero-order valence-corrected chi connectivity index (χ0v) is 17.1. The van der Waals surface area contributed by atoms with Crippen LogP contribution in [0.4, 0.5) is 18.9 Å². The van der Waals surface area contributed by atoms with Crippen molar-refractivity contribution in [1.29, 1.82) is 0 Å². The van der Waals surface area contributed by atoms with Gasteiger partial charge >= 0.3 is 6.18 Å². The van der Waals surface area contributed by atoms with Crippen molar-refractivity contribution < 1.29 is 27.8 Å². The maximum Gasteiger partial charge on any atom is 0.416 e. The minimum Gasteiger partial charge on any atom is -0.508 e. The van der Waals surface area contributed by atoms with Crippen LogP contribution in [0.15, 0.2) is 42.7 Å². The number of carbonyl (C=O) groups is 1. The summed E-state index contributed by atoms with van der Waals surface area (Å²) in [7, 11) is 1.83. The Kier molecular flexibility index (Phi) is 4.52. The van der Waals surface area contributed by atoms with Crippen LogP contribution in [0.3, 0.4) is 0 Å². The highest BCUT2D eigenvalue weighted by molar-refractivity contribution is 6.10. The van der Waals surface area contributed by atoms with E-state index in [1.165, 1.54) is 23.1 Å². The summed E-state index contributed by atoms with van der Waals surface area (Å²) in [5.41, 5.74) is -0.292. The Balaban J connectivity index is 1.52. The van der Waals surface area contributed by atoms with E-state index in [2.05, 4.69) is 10.2 Å². The summed E-state index contributed by atoms with van der Waals surface area (Å²) >= 11 is 0. The second-order valence-electron chi connectivity index (χ2n) is 8.27. The van der Waals surface area contributed by atoms with Crippen LogP contribution in [0.5, 0.6) is 5.75 Å². The van der Waals surface area contributed by atoms with Crippen LogP contribution < -0.4 is 4.90 Å². The Labute approximate surface area is 181 Å². The molecule has 166 valence electrons. The van der Waals surface area contributed by atoms with E-state index in [0.29, 0.717) is 25.3 Å². The zero-order valence-electron chi connectivity index (χ0n) is 17.1. The first kappa shape index (κ1) is 20.5. The van der Waals surface area contributed by atoms with Crippen LogP contribution in [-0.2, 0) is 36.3 Å². The van der Waals surface area contributed by atoms with Gasteiger partial charge in [0, 0.05) is 36.2 Å². The molecular weight excluding hydrogens is 425 g/mol. The number of aryl methyl sites for hydroxylation is 1. The number of hydrogen-bond donors (Lipinski definition) is 1. The molecule has 3 heterocycles. The Morgan fingerprint density at radius 2 is 2.00 bits per heavy atom. The van der Waals surface area contributed by atoms with Crippen LogP contribution >= 0.6 is 0 Å². The van der Waals surface area contributed by atoms with Gasteiger partial charge in [0.25, 0.3) is 5.91 Å². The van der Waals surface area contributed by atoms with Gasteiger partial charge in [0.2, 0.25) is 0 Å². The molecule has 1 saturated heterocycles. The Hall–Kier alpha value is -3.40. The lowest BCUT2D eigenvalue weighted by Crippen LogP contribution is -2.49. The number of aromatic nitrogens is 3. The third-order valence-electron chi connectivity index (χ3n) is 6.16. The van der Waals surface area contributed by atoms with Gasteiger partial charge in [0.05, 0.1) is 25.3 Å². The summed E-state index contributed by atoms with van der Waals surface area (Å²) < 4.78 is 47.6. The van der Waals surface area contributed by atoms with Crippen LogP contribution in [0.25, 0.3) is 0 Å². The fourth-order valence-corrected chi connectivity index (χ4v) is 4.35. The molecule has 0 unspecified atom stereocenters. The summed E-state index contributed by atoms with van der Waals surface area (Å²) in [6, 6.07) is 8.32. The van der Waals surface area contributed by atoms with E-state index >= 15 is 0 Å². The molecule has 0 spiro atoms. The van der Waals surface area contributed by atoms with Crippen molar-refractivity contribution in [2.45, 2.75) is 24.6 Å². The molecule has 0 bridgehead atoms. The number of phenols is 1. The van der Waals surface area contributed by atoms with Crippen LogP contribution in [0.1, 0.15) is 32.9 Å². The van der Waals surface area contributed by atoms with E-state index in [1.54, 1.807) is 23.0 Å². The number of fused-ring (bicyclic) bond motifs is 1. The van der Waals surface area contributed by atoms with Gasteiger partial charge < -0.3 is 19.3 Å². The normalized spacial score (nSPS) is 17.4. The average Bonchev–Trinajstić information content (AvgIpc) is 3.26. The fourth-order valence-electron chi connectivity index (χ4n) is 4.35. The highest BCUT2D eigenvalue weighted by Gasteiger charge is 2.43. The molecule has 2 aliphatic heterocycles. The third-order valence-corrected chi connectivity index (χ3v) is 6.16. The minimum atomic E-state index is -4.56. The number of benzene rings is 2. The van der Waals surface area contributed by atoms with Crippen LogP contribution in [-0.4, -0.2) is 39.0 Å². The molecule has 7 nitrogen and oxygen atoms in total. The predicted molar refractivity (Wildman–Crippen MR) is 107 cm³/mol. The number of alkyl halides is 3. The molecule has 1 N–H and O–H groups in total. The number of ether oxygens (including phenoxy) is 1. The van der Waals surface area contributed by atoms with Crippen molar-refractivity contribution >= 4 is 11.6 Å². The lowest BCUT2D eigenvalue weighted by atomic mass is 9.75. The van der Waals surface area contributed by atoms with Gasteiger partial charge in [-0.05, 0) is 35.4 Å². The minimum absolute atomic E-state index is 0.0190. The molecule has 5 rings (SSSR count). The van der Waals surface area contributed by atoms with E-state index in [9.17, 15) is 23.1 Å². The van der Waals surface area contributed by atoms with Gasteiger partial charge in [-0.3, -0.25) is 4.79 Å². The number of aromatic hydroxyl groups is 1. The SMILES string of the molecule is Cn1cnnc1CC1(c2cc(O)cc(N3Cc4c(cccc4C(F)(F)F)C3=O)c2)COC1. The van der Waals surface area contributed by atoms with Crippen molar-refractivity contribution in [2.24, 2.45) is 7.05 Å². The molecule has 10 heteroatoms. The van der Waals surface area contributed by atoms with E-state index in [4.69, 9.17) is 4.74 Å². The lowest BCUT2D eigenvalue weighted by molar-refractivity contribution is -0.138. The molecule has 1 amide bonds. The Morgan fingerprint density at radius 3 is 2.62 bits per heavy atom. The number of halogens is 3. The third kappa shape index (κ3) is 3.22.